The average molecular weight is 370 g/mol. The Morgan fingerprint density at radius 3 is 2.48 bits per heavy atom. The first-order chi connectivity index (χ1) is 11.5. The number of methoxy groups -OCH3 is 1. The van der Waals surface area contributed by atoms with Crippen molar-refractivity contribution in [2.24, 2.45) is 0 Å². The van der Waals surface area contributed by atoms with Crippen LogP contribution in [-0.4, -0.2) is 42.8 Å². The molecule has 1 unspecified atom stereocenters. The Hall–Kier alpha value is -1.84. The second kappa shape index (κ2) is 6.81. The number of hydrogen-bond donors (Lipinski definition) is 2. The minimum absolute atomic E-state index is 0.0637. The van der Waals surface area contributed by atoms with Gasteiger partial charge in [-0.2, -0.15) is 0 Å². The third-order valence-electron chi connectivity index (χ3n) is 4.75. The van der Waals surface area contributed by atoms with Gasteiger partial charge in [-0.25, -0.2) is 4.79 Å². The number of nitrogens with zero attached hydrogens (tertiary/aromatic N) is 1. The van der Waals surface area contributed by atoms with E-state index in [1.165, 1.54) is 23.9 Å². The van der Waals surface area contributed by atoms with Gasteiger partial charge in [0.05, 0.1) is 0 Å². The fraction of sp³-hybridized carbons (Fsp3) is 0.625. The second-order valence-electron chi connectivity index (χ2n) is 7.49. The minimum Gasteiger partial charge on any atom is -0.542 e. The molecular weight excluding hydrogens is 344 g/mol. The van der Waals surface area contributed by atoms with Gasteiger partial charge in [0.2, 0.25) is 14.5 Å². The largest absolute Gasteiger partial charge is 0.542 e. The number of aliphatic hydroxyl groups excluding tert-OH is 1. The zero-order chi connectivity index (χ0) is 19.0. The number of aromatic amines is 1. The fourth-order valence-corrected chi connectivity index (χ4v) is 3.35. The van der Waals surface area contributed by atoms with Crippen LogP contribution in [0, 0.1) is 0 Å². The van der Waals surface area contributed by atoms with Gasteiger partial charge in [-0.15, -0.1) is 0 Å². The molecule has 140 valence electrons. The fourth-order valence-electron chi connectivity index (χ4n) is 2.27. The Morgan fingerprint density at radius 2 is 2.00 bits per heavy atom. The summed E-state index contributed by atoms with van der Waals surface area (Å²) in [5, 5.41) is 9.62. The monoisotopic (exact) mass is 370 g/mol. The first-order valence-electron chi connectivity index (χ1n) is 8.05. The molecule has 0 aliphatic carbocycles. The van der Waals surface area contributed by atoms with Crippen molar-refractivity contribution in [1.82, 2.24) is 9.55 Å². The molecule has 2 heterocycles. The van der Waals surface area contributed by atoms with E-state index in [1.807, 2.05) is 0 Å². The van der Waals surface area contributed by atoms with Crippen LogP contribution < -0.4 is 11.2 Å². The van der Waals surface area contributed by atoms with Crippen LogP contribution in [0.25, 0.3) is 0 Å². The molecule has 0 bridgehead atoms. The van der Waals surface area contributed by atoms with Crippen molar-refractivity contribution in [3.63, 3.8) is 0 Å². The molecule has 0 saturated heterocycles. The molecular formula is C16H26N2O6Si. The van der Waals surface area contributed by atoms with E-state index in [9.17, 15) is 14.7 Å². The Bertz CT molecular complexity index is 774. The quantitative estimate of drug-likeness (QED) is 0.758. The van der Waals surface area contributed by atoms with E-state index >= 15 is 0 Å². The van der Waals surface area contributed by atoms with E-state index in [2.05, 4.69) is 38.8 Å². The zero-order valence-electron chi connectivity index (χ0n) is 15.5. The minimum atomic E-state index is -2.21. The third-order valence-corrected chi connectivity index (χ3v) is 9.09. The molecule has 0 saturated carbocycles. The van der Waals surface area contributed by atoms with E-state index in [1.54, 1.807) is 0 Å². The van der Waals surface area contributed by atoms with Crippen molar-refractivity contribution in [3.05, 3.63) is 44.6 Å². The van der Waals surface area contributed by atoms with Gasteiger partial charge < -0.3 is 19.0 Å². The maximum Gasteiger partial charge on any atom is 0.331 e. The smallest absolute Gasteiger partial charge is 0.331 e. The lowest BCUT2D eigenvalue weighted by molar-refractivity contribution is -0.0369. The van der Waals surface area contributed by atoms with Gasteiger partial charge in [0, 0.05) is 19.4 Å². The lowest BCUT2D eigenvalue weighted by atomic mass is 10.2. The standard InChI is InChI=1S/C16H26N2O6Si/c1-16(2,3)25(5,6)24-12-10(9-19)23-14(13(12)22-4)18-8-7-11(20)17-15(18)21/h7-8,13-14,19H,9H2,1-6H3,(H,17,20,21)/t13?,14-/m1/s1. The van der Waals surface area contributed by atoms with Crippen LogP contribution in [0.5, 0.6) is 0 Å². The van der Waals surface area contributed by atoms with E-state index < -0.39 is 31.9 Å². The van der Waals surface area contributed by atoms with Crippen LogP contribution in [0.1, 0.15) is 27.0 Å². The summed E-state index contributed by atoms with van der Waals surface area (Å²) in [5.74, 6) is 0.638. The summed E-state index contributed by atoms with van der Waals surface area (Å²) in [4.78, 5) is 25.6. The Morgan fingerprint density at radius 1 is 1.36 bits per heavy atom. The predicted octanol–water partition coefficient (Wildman–Crippen LogP) is 1.31. The predicted molar refractivity (Wildman–Crippen MR) is 94.6 cm³/mol. The van der Waals surface area contributed by atoms with Crippen LogP contribution in [0.3, 0.4) is 0 Å². The van der Waals surface area contributed by atoms with E-state index in [0.29, 0.717) is 5.76 Å². The van der Waals surface area contributed by atoms with Gasteiger partial charge in [0.1, 0.15) is 6.61 Å². The van der Waals surface area contributed by atoms with Crippen molar-refractivity contribution in [2.45, 2.75) is 51.2 Å². The molecule has 2 N–H and O–H groups in total. The molecule has 1 aliphatic heterocycles. The van der Waals surface area contributed by atoms with Crippen molar-refractivity contribution in [1.29, 1.82) is 0 Å². The topological polar surface area (TPSA) is 103 Å². The normalized spacial score (nSPS) is 21.4. The molecule has 0 aromatic carbocycles. The van der Waals surface area contributed by atoms with E-state index in [4.69, 9.17) is 13.9 Å². The summed E-state index contributed by atoms with van der Waals surface area (Å²) in [6.45, 7) is 10.1. The van der Waals surface area contributed by atoms with Crippen molar-refractivity contribution >= 4 is 8.32 Å². The lowest BCUT2D eigenvalue weighted by Gasteiger charge is -2.37. The molecule has 0 radical (unpaired) electrons. The average Bonchev–Trinajstić information content (AvgIpc) is 2.82. The number of aliphatic hydroxyl groups is 1. The highest BCUT2D eigenvalue weighted by Crippen LogP contribution is 2.42. The summed E-state index contributed by atoms with van der Waals surface area (Å²) in [5.41, 5.74) is -1.12. The number of aromatic nitrogens is 2. The van der Waals surface area contributed by atoms with Gasteiger partial charge in [-0.05, 0) is 18.1 Å². The number of rotatable bonds is 5. The van der Waals surface area contributed by atoms with Crippen LogP contribution in [0.4, 0.5) is 0 Å². The first kappa shape index (κ1) is 19.5. The van der Waals surface area contributed by atoms with Gasteiger partial charge >= 0.3 is 5.69 Å². The summed E-state index contributed by atoms with van der Waals surface area (Å²) < 4.78 is 18.8. The summed E-state index contributed by atoms with van der Waals surface area (Å²) >= 11 is 0. The van der Waals surface area contributed by atoms with E-state index in [0.717, 1.165) is 0 Å². The molecule has 1 aromatic rings. The summed E-state index contributed by atoms with van der Waals surface area (Å²) in [6, 6.07) is 1.22. The van der Waals surface area contributed by atoms with Gasteiger partial charge in [0.15, 0.2) is 17.6 Å². The number of ether oxygens (including phenoxy) is 2. The first-order valence-corrected chi connectivity index (χ1v) is 11.0. The molecule has 8 nitrogen and oxygen atoms in total. The Labute approximate surface area is 147 Å². The summed E-state index contributed by atoms with van der Waals surface area (Å²) in [7, 11) is -0.734. The van der Waals surface area contributed by atoms with Crippen molar-refractivity contribution in [3.8, 4) is 0 Å². The maximum atomic E-state index is 12.1. The molecule has 2 atom stereocenters. The third kappa shape index (κ3) is 3.73. The Kier molecular flexibility index (Phi) is 5.31. The molecule has 1 aromatic heterocycles. The number of nitrogens with one attached hydrogen (secondary N) is 1. The van der Waals surface area contributed by atoms with Crippen LogP contribution in [-0.2, 0) is 13.9 Å². The zero-order valence-corrected chi connectivity index (χ0v) is 16.5. The SMILES string of the molecule is COC1C(O[Si](C)(C)C(C)(C)C)=C(CO)O[C@H]1n1ccc(=O)[nH]c1=O. The number of H-pyrrole nitrogens is 1. The molecule has 1 aliphatic rings. The van der Waals surface area contributed by atoms with Gasteiger partial charge in [-0.3, -0.25) is 14.3 Å². The summed E-state index contributed by atoms with van der Waals surface area (Å²) in [6.07, 6.45) is -0.238. The number of hydrogen-bond acceptors (Lipinski definition) is 6. The molecule has 0 fully saturated rings. The van der Waals surface area contributed by atoms with Crippen LogP contribution in [0.15, 0.2) is 33.4 Å². The molecule has 0 spiro atoms. The molecule has 9 heteroatoms. The maximum absolute atomic E-state index is 12.1. The highest BCUT2D eigenvalue weighted by molar-refractivity contribution is 6.74. The van der Waals surface area contributed by atoms with E-state index in [-0.39, 0.29) is 17.4 Å². The van der Waals surface area contributed by atoms with Gasteiger partial charge in [0.25, 0.3) is 5.56 Å². The highest BCUT2D eigenvalue weighted by atomic mass is 28.4. The van der Waals surface area contributed by atoms with Crippen LogP contribution >= 0.6 is 0 Å². The molecule has 0 amide bonds. The lowest BCUT2D eigenvalue weighted by Crippen LogP contribution is -2.43. The van der Waals surface area contributed by atoms with Crippen molar-refractivity contribution in [2.75, 3.05) is 13.7 Å². The van der Waals surface area contributed by atoms with Crippen molar-refractivity contribution < 1.29 is 19.0 Å². The Balaban J connectivity index is 2.42. The highest BCUT2D eigenvalue weighted by Gasteiger charge is 2.46. The second-order valence-corrected chi connectivity index (χ2v) is 12.2. The van der Waals surface area contributed by atoms with Gasteiger partial charge in [-0.1, -0.05) is 20.8 Å². The van der Waals surface area contributed by atoms with Crippen LogP contribution in [0.2, 0.25) is 18.1 Å². The molecule has 25 heavy (non-hydrogen) atoms. The molecule has 2 rings (SSSR count).